The summed E-state index contributed by atoms with van der Waals surface area (Å²) in [4.78, 5) is 2.59. The number of fused-ring (bicyclic) bond motifs is 1. The van der Waals surface area contributed by atoms with E-state index in [2.05, 4.69) is 46.1 Å². The molecule has 2 fully saturated rings. The van der Waals surface area contributed by atoms with Crippen LogP contribution in [0.25, 0.3) is 0 Å². The normalized spacial score (nSPS) is 29.7. The SMILES string of the molecule is CC1(C)C2CNCC2CN1Cc1cc(Br)ccc1Cl. The Kier molecular flexibility index (Phi) is 3.67. The first-order valence-electron chi connectivity index (χ1n) is 6.88. The second kappa shape index (κ2) is 5.03. The molecular weight excluding hydrogens is 324 g/mol. The standard InChI is InChI=1S/C15H20BrClN2/c1-15(2)13-7-18-6-11(13)9-19(15)8-10-5-12(16)3-4-14(10)17/h3-5,11,13,18H,6-9H2,1-2H3. The van der Waals surface area contributed by atoms with Gasteiger partial charge in [0, 0.05) is 34.7 Å². The van der Waals surface area contributed by atoms with Gasteiger partial charge in [0.2, 0.25) is 0 Å². The Hall–Kier alpha value is -0.0900. The lowest BCUT2D eigenvalue weighted by atomic mass is 9.85. The van der Waals surface area contributed by atoms with E-state index in [0.717, 1.165) is 41.0 Å². The van der Waals surface area contributed by atoms with Crippen molar-refractivity contribution in [3.63, 3.8) is 0 Å². The van der Waals surface area contributed by atoms with Crippen LogP contribution >= 0.6 is 27.5 Å². The van der Waals surface area contributed by atoms with Crippen LogP contribution in [-0.2, 0) is 6.54 Å². The van der Waals surface area contributed by atoms with Crippen molar-refractivity contribution in [2.24, 2.45) is 11.8 Å². The highest BCUT2D eigenvalue weighted by molar-refractivity contribution is 9.10. The summed E-state index contributed by atoms with van der Waals surface area (Å²) in [6, 6.07) is 6.12. The molecule has 0 amide bonds. The second-order valence-electron chi connectivity index (χ2n) is 6.29. The van der Waals surface area contributed by atoms with Crippen molar-refractivity contribution < 1.29 is 0 Å². The molecule has 2 unspecified atom stereocenters. The minimum Gasteiger partial charge on any atom is -0.316 e. The van der Waals surface area contributed by atoms with Crippen molar-refractivity contribution in [2.75, 3.05) is 19.6 Å². The second-order valence-corrected chi connectivity index (χ2v) is 7.62. The molecule has 2 atom stereocenters. The highest BCUT2D eigenvalue weighted by Gasteiger charge is 2.49. The van der Waals surface area contributed by atoms with Gasteiger partial charge in [-0.2, -0.15) is 0 Å². The molecule has 0 radical (unpaired) electrons. The monoisotopic (exact) mass is 342 g/mol. The molecule has 2 aliphatic heterocycles. The molecule has 0 aliphatic carbocycles. The Balaban J connectivity index is 1.82. The summed E-state index contributed by atoms with van der Waals surface area (Å²) in [5.41, 5.74) is 1.47. The van der Waals surface area contributed by atoms with Crippen LogP contribution in [0.3, 0.4) is 0 Å². The van der Waals surface area contributed by atoms with Crippen LogP contribution in [0.15, 0.2) is 22.7 Å². The summed E-state index contributed by atoms with van der Waals surface area (Å²) < 4.78 is 1.10. The van der Waals surface area contributed by atoms with Gasteiger partial charge in [0.1, 0.15) is 0 Å². The molecule has 0 aromatic heterocycles. The average Bonchev–Trinajstić information content (AvgIpc) is 2.89. The third-order valence-corrected chi connectivity index (χ3v) is 5.75. The molecule has 0 spiro atoms. The third kappa shape index (κ3) is 2.46. The number of halogens is 2. The van der Waals surface area contributed by atoms with Gasteiger partial charge in [0.15, 0.2) is 0 Å². The van der Waals surface area contributed by atoms with E-state index >= 15 is 0 Å². The first-order valence-corrected chi connectivity index (χ1v) is 8.05. The Morgan fingerprint density at radius 3 is 2.95 bits per heavy atom. The molecule has 2 saturated heterocycles. The molecule has 0 saturated carbocycles. The molecule has 3 rings (SSSR count). The van der Waals surface area contributed by atoms with Crippen LogP contribution < -0.4 is 5.32 Å². The van der Waals surface area contributed by atoms with E-state index < -0.39 is 0 Å². The number of rotatable bonds is 2. The number of nitrogens with one attached hydrogen (secondary N) is 1. The van der Waals surface area contributed by atoms with Gasteiger partial charge in [-0.25, -0.2) is 0 Å². The predicted octanol–water partition coefficient (Wildman–Crippen LogP) is 3.53. The first-order chi connectivity index (χ1) is 8.98. The van der Waals surface area contributed by atoms with Crippen LogP contribution in [-0.4, -0.2) is 30.1 Å². The molecule has 104 valence electrons. The lowest BCUT2D eigenvalue weighted by molar-refractivity contribution is 0.132. The van der Waals surface area contributed by atoms with Crippen molar-refractivity contribution in [1.29, 1.82) is 0 Å². The zero-order valence-electron chi connectivity index (χ0n) is 11.4. The van der Waals surface area contributed by atoms with Gasteiger partial charge in [-0.1, -0.05) is 27.5 Å². The Morgan fingerprint density at radius 2 is 2.21 bits per heavy atom. The Morgan fingerprint density at radius 1 is 1.42 bits per heavy atom. The third-order valence-electron chi connectivity index (χ3n) is 4.89. The minimum absolute atomic E-state index is 0.250. The summed E-state index contributed by atoms with van der Waals surface area (Å²) in [7, 11) is 0. The van der Waals surface area contributed by atoms with Gasteiger partial charge in [-0.3, -0.25) is 4.90 Å². The summed E-state index contributed by atoms with van der Waals surface area (Å²) in [5, 5.41) is 4.39. The molecular formula is C15H20BrClN2. The van der Waals surface area contributed by atoms with Gasteiger partial charge in [0.05, 0.1) is 0 Å². The Bertz CT molecular complexity index is 489. The van der Waals surface area contributed by atoms with E-state index in [4.69, 9.17) is 11.6 Å². The first kappa shape index (κ1) is 13.9. The molecule has 19 heavy (non-hydrogen) atoms. The fraction of sp³-hybridized carbons (Fsp3) is 0.600. The predicted molar refractivity (Wildman–Crippen MR) is 83.5 cm³/mol. The van der Waals surface area contributed by atoms with Gasteiger partial charge in [-0.15, -0.1) is 0 Å². The van der Waals surface area contributed by atoms with E-state index in [1.54, 1.807) is 0 Å². The van der Waals surface area contributed by atoms with Crippen molar-refractivity contribution in [3.05, 3.63) is 33.3 Å². The Labute approximate surface area is 128 Å². The summed E-state index contributed by atoms with van der Waals surface area (Å²) in [6.45, 7) is 9.18. The van der Waals surface area contributed by atoms with E-state index in [1.165, 1.54) is 12.1 Å². The highest BCUT2D eigenvalue weighted by Crippen LogP contribution is 2.41. The van der Waals surface area contributed by atoms with Crippen LogP contribution in [0, 0.1) is 11.8 Å². The van der Waals surface area contributed by atoms with Gasteiger partial charge in [0.25, 0.3) is 0 Å². The van der Waals surface area contributed by atoms with E-state index in [-0.39, 0.29) is 5.54 Å². The van der Waals surface area contributed by atoms with E-state index in [1.807, 2.05) is 12.1 Å². The van der Waals surface area contributed by atoms with Crippen molar-refractivity contribution in [3.8, 4) is 0 Å². The summed E-state index contributed by atoms with van der Waals surface area (Å²) >= 11 is 9.86. The fourth-order valence-corrected chi connectivity index (χ4v) is 4.23. The largest absolute Gasteiger partial charge is 0.316 e. The lowest BCUT2D eigenvalue weighted by Crippen LogP contribution is -2.43. The molecule has 2 aliphatic rings. The molecule has 2 heterocycles. The maximum Gasteiger partial charge on any atom is 0.0451 e. The molecule has 0 bridgehead atoms. The number of likely N-dealkylation sites (tertiary alicyclic amines) is 1. The average molecular weight is 344 g/mol. The molecule has 1 aromatic carbocycles. The molecule has 2 nitrogen and oxygen atoms in total. The molecule has 4 heteroatoms. The van der Waals surface area contributed by atoms with Crippen LogP contribution in [0.5, 0.6) is 0 Å². The molecule has 1 aromatic rings. The van der Waals surface area contributed by atoms with Gasteiger partial charge < -0.3 is 5.32 Å². The summed E-state index contributed by atoms with van der Waals surface area (Å²) in [6.07, 6.45) is 0. The zero-order valence-corrected chi connectivity index (χ0v) is 13.8. The van der Waals surface area contributed by atoms with E-state index in [9.17, 15) is 0 Å². The minimum atomic E-state index is 0.250. The smallest absolute Gasteiger partial charge is 0.0451 e. The van der Waals surface area contributed by atoms with Crippen molar-refractivity contribution in [2.45, 2.75) is 25.9 Å². The highest BCUT2D eigenvalue weighted by atomic mass is 79.9. The topological polar surface area (TPSA) is 15.3 Å². The quantitative estimate of drug-likeness (QED) is 0.883. The van der Waals surface area contributed by atoms with Gasteiger partial charge >= 0.3 is 0 Å². The van der Waals surface area contributed by atoms with Crippen LogP contribution in [0.1, 0.15) is 19.4 Å². The maximum absolute atomic E-state index is 6.33. The number of benzene rings is 1. The van der Waals surface area contributed by atoms with E-state index in [0.29, 0.717) is 0 Å². The van der Waals surface area contributed by atoms with Crippen LogP contribution in [0.2, 0.25) is 5.02 Å². The zero-order chi connectivity index (χ0) is 13.6. The van der Waals surface area contributed by atoms with Gasteiger partial charge in [-0.05, 0) is 56.0 Å². The number of nitrogens with zero attached hydrogens (tertiary/aromatic N) is 1. The van der Waals surface area contributed by atoms with Crippen molar-refractivity contribution >= 4 is 27.5 Å². The number of hydrogen-bond acceptors (Lipinski definition) is 2. The molecule has 1 N–H and O–H groups in total. The fourth-order valence-electron chi connectivity index (χ4n) is 3.64. The van der Waals surface area contributed by atoms with Crippen LogP contribution in [0.4, 0.5) is 0 Å². The maximum atomic E-state index is 6.33. The van der Waals surface area contributed by atoms with Crippen molar-refractivity contribution in [1.82, 2.24) is 10.2 Å². The lowest BCUT2D eigenvalue weighted by Gasteiger charge is -2.36. The summed E-state index contributed by atoms with van der Waals surface area (Å²) in [5.74, 6) is 1.55. The number of hydrogen-bond donors (Lipinski definition) is 1.